The Hall–Kier alpha value is -6.64. The molecule has 0 saturated carbocycles. The Morgan fingerprint density at radius 1 is 0.288 bits per heavy atom. The standard InChI is InChI=1S/C50H36N2/c1-33-41(18-10-30-51-33)36-20-24-38(25-21-36)49-45-16-8-9-17-46(45)50(39-26-22-37(23-27-39)42-19-11-31-52-34(42)2)48-32-40(28-29-47(48)49)44-15-7-6-14-43(44)35-12-4-3-5-13-35/h3-32H,1-2H3. The molecular formula is C50H36N2. The first-order valence-electron chi connectivity index (χ1n) is 17.8. The molecule has 52 heavy (non-hydrogen) atoms. The zero-order valence-electron chi connectivity index (χ0n) is 29.2. The Bertz CT molecular complexity index is 2730. The van der Waals surface area contributed by atoms with Crippen LogP contribution < -0.4 is 0 Å². The van der Waals surface area contributed by atoms with Gasteiger partial charge >= 0.3 is 0 Å². The summed E-state index contributed by atoms with van der Waals surface area (Å²) in [5.74, 6) is 0. The molecule has 2 heteroatoms. The fourth-order valence-corrected chi connectivity index (χ4v) is 7.78. The SMILES string of the molecule is Cc1ncccc1-c1ccc(-c2c3ccccc3c(-c3ccc(-c4cccnc4C)cc3)c3cc(-c4ccccc4-c4ccccc4)ccc23)cc1. The molecule has 0 N–H and O–H groups in total. The van der Waals surface area contributed by atoms with Gasteiger partial charge in [-0.3, -0.25) is 9.97 Å². The largest absolute Gasteiger partial charge is 0.261 e. The number of fused-ring (bicyclic) bond motifs is 2. The fraction of sp³-hybridized carbons (Fsp3) is 0.0400. The van der Waals surface area contributed by atoms with Gasteiger partial charge in [-0.15, -0.1) is 0 Å². The van der Waals surface area contributed by atoms with Crippen LogP contribution in [0.15, 0.2) is 182 Å². The van der Waals surface area contributed by atoms with Crippen molar-refractivity contribution < 1.29 is 0 Å². The van der Waals surface area contributed by atoms with Crippen molar-refractivity contribution in [3.05, 3.63) is 194 Å². The topological polar surface area (TPSA) is 25.8 Å². The normalized spacial score (nSPS) is 11.3. The number of hydrogen-bond donors (Lipinski definition) is 0. The number of aromatic nitrogens is 2. The molecule has 0 bridgehead atoms. The van der Waals surface area contributed by atoms with E-state index in [4.69, 9.17) is 0 Å². The van der Waals surface area contributed by atoms with Crippen LogP contribution in [-0.2, 0) is 0 Å². The lowest BCUT2D eigenvalue weighted by atomic mass is 9.84. The fourth-order valence-electron chi connectivity index (χ4n) is 7.78. The van der Waals surface area contributed by atoms with Crippen molar-refractivity contribution >= 4 is 21.5 Å². The van der Waals surface area contributed by atoms with E-state index in [-0.39, 0.29) is 0 Å². The summed E-state index contributed by atoms with van der Waals surface area (Å²) in [6.07, 6.45) is 3.71. The minimum atomic E-state index is 1.03. The summed E-state index contributed by atoms with van der Waals surface area (Å²) < 4.78 is 0. The van der Waals surface area contributed by atoms with Gasteiger partial charge in [0.05, 0.1) is 0 Å². The Balaban J connectivity index is 1.30. The number of rotatable bonds is 6. The molecule has 0 unspecified atom stereocenters. The van der Waals surface area contributed by atoms with E-state index < -0.39 is 0 Å². The van der Waals surface area contributed by atoms with Crippen molar-refractivity contribution in [2.75, 3.05) is 0 Å². The van der Waals surface area contributed by atoms with E-state index in [0.29, 0.717) is 0 Å². The average molecular weight is 665 g/mol. The van der Waals surface area contributed by atoms with Gasteiger partial charge in [0.25, 0.3) is 0 Å². The van der Waals surface area contributed by atoms with E-state index in [1.807, 2.05) is 24.5 Å². The number of hydrogen-bond acceptors (Lipinski definition) is 2. The van der Waals surface area contributed by atoms with Crippen molar-refractivity contribution in [3.8, 4) is 66.8 Å². The maximum absolute atomic E-state index is 4.55. The van der Waals surface area contributed by atoms with E-state index in [1.54, 1.807) is 0 Å². The summed E-state index contributed by atoms with van der Waals surface area (Å²) >= 11 is 0. The molecule has 2 heterocycles. The highest BCUT2D eigenvalue weighted by Crippen LogP contribution is 2.46. The molecule has 2 aromatic heterocycles. The number of benzene rings is 7. The van der Waals surface area contributed by atoms with Gasteiger partial charge in [0.2, 0.25) is 0 Å². The van der Waals surface area contributed by atoms with Crippen molar-refractivity contribution in [1.29, 1.82) is 0 Å². The molecule has 0 aliphatic rings. The van der Waals surface area contributed by atoms with Gasteiger partial charge in [-0.1, -0.05) is 152 Å². The van der Waals surface area contributed by atoms with Crippen molar-refractivity contribution in [3.63, 3.8) is 0 Å². The third kappa shape index (κ3) is 5.55. The van der Waals surface area contributed by atoms with E-state index >= 15 is 0 Å². The lowest BCUT2D eigenvalue weighted by Gasteiger charge is -2.20. The predicted molar refractivity (Wildman–Crippen MR) is 219 cm³/mol. The zero-order valence-corrected chi connectivity index (χ0v) is 29.2. The molecule has 0 aliphatic carbocycles. The summed E-state index contributed by atoms with van der Waals surface area (Å²) in [6.45, 7) is 4.14. The first kappa shape index (κ1) is 31.3. The van der Waals surface area contributed by atoms with Crippen LogP contribution in [0.25, 0.3) is 88.3 Å². The Labute approximate surface area is 304 Å². The number of pyridine rings is 2. The molecule has 0 aliphatic heterocycles. The minimum Gasteiger partial charge on any atom is -0.261 e. The summed E-state index contributed by atoms with van der Waals surface area (Å²) in [6, 6.07) is 61.7. The van der Waals surface area contributed by atoms with Gasteiger partial charge in [-0.2, -0.15) is 0 Å². The van der Waals surface area contributed by atoms with Crippen LogP contribution in [0, 0.1) is 13.8 Å². The van der Waals surface area contributed by atoms with E-state index in [9.17, 15) is 0 Å². The second-order valence-electron chi connectivity index (χ2n) is 13.4. The van der Waals surface area contributed by atoms with Crippen LogP contribution in [0.2, 0.25) is 0 Å². The first-order chi connectivity index (χ1) is 25.6. The average Bonchev–Trinajstić information content (AvgIpc) is 3.21. The molecule has 0 atom stereocenters. The lowest BCUT2D eigenvalue weighted by Crippen LogP contribution is -1.93. The summed E-state index contributed by atoms with van der Waals surface area (Å²) in [7, 11) is 0. The highest BCUT2D eigenvalue weighted by molar-refractivity contribution is 6.22. The molecule has 0 fully saturated rings. The van der Waals surface area contributed by atoms with Crippen LogP contribution in [0.4, 0.5) is 0 Å². The van der Waals surface area contributed by atoms with E-state index in [1.165, 1.54) is 77.2 Å². The monoisotopic (exact) mass is 664 g/mol. The minimum absolute atomic E-state index is 1.03. The second-order valence-corrected chi connectivity index (χ2v) is 13.4. The van der Waals surface area contributed by atoms with Gasteiger partial charge < -0.3 is 0 Å². The van der Waals surface area contributed by atoms with Gasteiger partial charge in [0, 0.05) is 34.9 Å². The van der Waals surface area contributed by atoms with Gasteiger partial charge in [0.15, 0.2) is 0 Å². The van der Waals surface area contributed by atoms with Gasteiger partial charge in [0.1, 0.15) is 0 Å². The van der Waals surface area contributed by atoms with Gasteiger partial charge in [-0.05, 0) is 109 Å². The smallest absolute Gasteiger partial charge is 0.0450 e. The molecule has 0 amide bonds. The number of aryl methyl sites for hydroxylation is 2. The van der Waals surface area contributed by atoms with Crippen LogP contribution >= 0.6 is 0 Å². The molecule has 9 aromatic rings. The zero-order chi connectivity index (χ0) is 35.0. The van der Waals surface area contributed by atoms with Crippen molar-refractivity contribution in [2.24, 2.45) is 0 Å². The van der Waals surface area contributed by atoms with Crippen molar-refractivity contribution in [1.82, 2.24) is 9.97 Å². The Kier molecular flexibility index (Phi) is 7.98. The summed E-state index contributed by atoms with van der Waals surface area (Å²) in [4.78, 5) is 9.09. The molecule has 0 saturated heterocycles. The highest BCUT2D eigenvalue weighted by Gasteiger charge is 2.19. The van der Waals surface area contributed by atoms with Crippen LogP contribution in [0.5, 0.6) is 0 Å². The third-order valence-corrected chi connectivity index (χ3v) is 10.3. The van der Waals surface area contributed by atoms with E-state index in [0.717, 1.165) is 22.5 Å². The third-order valence-electron chi connectivity index (χ3n) is 10.3. The summed E-state index contributed by atoms with van der Waals surface area (Å²) in [5.41, 5.74) is 16.4. The van der Waals surface area contributed by atoms with Crippen LogP contribution in [-0.4, -0.2) is 9.97 Å². The molecular weight excluding hydrogens is 629 g/mol. The molecule has 0 radical (unpaired) electrons. The lowest BCUT2D eigenvalue weighted by molar-refractivity contribution is 1.20. The second kappa shape index (κ2) is 13.2. The van der Waals surface area contributed by atoms with E-state index in [2.05, 4.69) is 182 Å². The van der Waals surface area contributed by atoms with Gasteiger partial charge in [-0.25, -0.2) is 0 Å². The molecule has 9 rings (SSSR count). The molecule has 246 valence electrons. The molecule has 7 aromatic carbocycles. The summed E-state index contributed by atoms with van der Waals surface area (Å²) in [5, 5.41) is 4.93. The number of nitrogens with zero attached hydrogens (tertiary/aromatic N) is 2. The first-order valence-corrected chi connectivity index (χ1v) is 17.8. The van der Waals surface area contributed by atoms with Crippen molar-refractivity contribution in [2.45, 2.75) is 13.8 Å². The maximum atomic E-state index is 4.55. The molecule has 0 spiro atoms. The predicted octanol–water partition coefficient (Wildman–Crippen LogP) is 13.4. The maximum Gasteiger partial charge on any atom is 0.0450 e. The highest BCUT2D eigenvalue weighted by atomic mass is 14.7. The van der Waals surface area contributed by atoms with Crippen LogP contribution in [0.3, 0.4) is 0 Å². The molecule has 2 nitrogen and oxygen atoms in total. The Morgan fingerprint density at radius 3 is 1.21 bits per heavy atom. The quantitative estimate of drug-likeness (QED) is 0.165. The Morgan fingerprint density at radius 2 is 0.673 bits per heavy atom. The van der Waals surface area contributed by atoms with Crippen LogP contribution in [0.1, 0.15) is 11.4 Å².